The second kappa shape index (κ2) is 11.0. The third kappa shape index (κ3) is 4.86. The summed E-state index contributed by atoms with van der Waals surface area (Å²) in [7, 11) is 1.30. The van der Waals surface area contributed by atoms with Gasteiger partial charge in [-0.15, -0.1) is 0 Å². The summed E-state index contributed by atoms with van der Waals surface area (Å²) in [5, 5.41) is 11.5. The number of hydrogen-bond donors (Lipinski definition) is 1. The molecule has 9 nitrogen and oxygen atoms in total. The van der Waals surface area contributed by atoms with Crippen molar-refractivity contribution in [2.45, 2.75) is 33.2 Å². The van der Waals surface area contributed by atoms with Gasteiger partial charge in [0.2, 0.25) is 0 Å². The van der Waals surface area contributed by atoms with E-state index in [1.54, 1.807) is 53.9 Å². The number of ether oxygens (including phenoxy) is 1. The van der Waals surface area contributed by atoms with Gasteiger partial charge in [-0.25, -0.2) is 9.78 Å². The van der Waals surface area contributed by atoms with Crippen LogP contribution in [0.1, 0.15) is 53.6 Å². The van der Waals surface area contributed by atoms with Crippen LogP contribution < -0.4 is 0 Å². The van der Waals surface area contributed by atoms with Gasteiger partial charge in [0.15, 0.2) is 5.76 Å². The van der Waals surface area contributed by atoms with Gasteiger partial charge in [-0.1, -0.05) is 32.0 Å². The lowest BCUT2D eigenvalue weighted by atomic mass is 9.95. The number of amides is 1. The Kier molecular flexibility index (Phi) is 7.73. The molecule has 0 bridgehead atoms. The molecule has 1 saturated heterocycles. The molecule has 1 atom stereocenters. The molecular formula is C28H32N4O5. The highest BCUT2D eigenvalue weighted by Crippen LogP contribution is 2.40. The Morgan fingerprint density at radius 1 is 1.11 bits per heavy atom. The normalized spacial score (nSPS) is 17.2. The summed E-state index contributed by atoms with van der Waals surface area (Å²) in [4.78, 5) is 46.9. The van der Waals surface area contributed by atoms with E-state index in [0.29, 0.717) is 41.1 Å². The molecule has 3 aromatic rings. The topological polar surface area (TPSA) is 104 Å². The third-order valence-corrected chi connectivity index (χ3v) is 6.88. The summed E-state index contributed by atoms with van der Waals surface area (Å²) in [5.41, 5.74) is 2.50. The fourth-order valence-corrected chi connectivity index (χ4v) is 4.91. The molecule has 3 heterocycles. The molecule has 37 heavy (non-hydrogen) atoms. The van der Waals surface area contributed by atoms with E-state index in [4.69, 9.17) is 4.74 Å². The van der Waals surface area contributed by atoms with Crippen molar-refractivity contribution in [3.63, 3.8) is 0 Å². The predicted octanol–water partition coefficient (Wildman–Crippen LogP) is 3.58. The van der Waals surface area contributed by atoms with Gasteiger partial charge in [0.05, 0.1) is 30.0 Å². The minimum absolute atomic E-state index is 0.00686. The highest BCUT2D eigenvalue weighted by atomic mass is 16.5. The lowest BCUT2D eigenvalue weighted by molar-refractivity contribution is -0.140. The smallest absolute Gasteiger partial charge is 0.337 e. The zero-order valence-electron chi connectivity index (χ0n) is 21.6. The summed E-state index contributed by atoms with van der Waals surface area (Å²) in [6, 6.07) is 11.2. The predicted molar refractivity (Wildman–Crippen MR) is 139 cm³/mol. The largest absolute Gasteiger partial charge is 0.505 e. The minimum Gasteiger partial charge on any atom is -0.505 e. The Morgan fingerprint density at radius 2 is 1.81 bits per heavy atom. The van der Waals surface area contributed by atoms with Crippen LogP contribution in [0.2, 0.25) is 0 Å². The van der Waals surface area contributed by atoms with Crippen LogP contribution in [0.15, 0.2) is 54.2 Å². The standard InChI is InChI=1S/C28H32N4O5/c1-5-30(6-2)15-9-17-32-24(19-11-13-20(14-12-19)28(36)37-4)22(26(34)27(32)35)25(33)23-18(3)29-21-10-7-8-16-31(21)23/h7-8,10-14,16,24,33H,5-6,9,15,17H2,1-4H3/b25-22+/t24-/m0/s1. The molecule has 0 saturated carbocycles. The van der Waals surface area contributed by atoms with Crippen LogP contribution in [0, 0.1) is 6.92 Å². The van der Waals surface area contributed by atoms with Crippen molar-refractivity contribution in [2.24, 2.45) is 0 Å². The van der Waals surface area contributed by atoms with Gasteiger partial charge in [0.25, 0.3) is 11.7 Å². The maximum Gasteiger partial charge on any atom is 0.337 e. The fraction of sp³-hybridized carbons (Fsp3) is 0.357. The van der Waals surface area contributed by atoms with E-state index in [0.717, 1.165) is 19.6 Å². The monoisotopic (exact) mass is 504 g/mol. The molecule has 0 unspecified atom stereocenters. The number of Topliss-reactive ketones (excluding diaryl/α,β-unsaturated/α-hetero) is 1. The second-order valence-electron chi connectivity index (χ2n) is 8.96. The summed E-state index contributed by atoms with van der Waals surface area (Å²) >= 11 is 0. The van der Waals surface area contributed by atoms with Gasteiger partial charge < -0.3 is 19.6 Å². The Bertz CT molecular complexity index is 1350. The number of aromatic nitrogens is 2. The van der Waals surface area contributed by atoms with E-state index in [2.05, 4.69) is 23.7 Å². The molecule has 0 radical (unpaired) electrons. The number of rotatable bonds is 9. The number of carbonyl (C=O) groups is 3. The molecule has 1 N–H and O–H groups in total. The first-order chi connectivity index (χ1) is 17.8. The number of pyridine rings is 1. The molecule has 1 aliphatic heterocycles. The summed E-state index contributed by atoms with van der Waals surface area (Å²) < 4.78 is 6.50. The van der Waals surface area contributed by atoms with E-state index < -0.39 is 23.7 Å². The zero-order valence-corrected chi connectivity index (χ0v) is 21.6. The van der Waals surface area contributed by atoms with Gasteiger partial charge in [0, 0.05) is 12.7 Å². The molecule has 0 spiro atoms. The quantitative estimate of drug-likeness (QED) is 0.206. The Labute approximate surface area is 216 Å². The molecule has 194 valence electrons. The van der Waals surface area contributed by atoms with E-state index in [1.165, 1.54) is 12.0 Å². The average molecular weight is 505 g/mol. The number of fused-ring (bicyclic) bond motifs is 1. The van der Waals surface area contributed by atoms with Gasteiger partial charge in [-0.3, -0.25) is 14.0 Å². The number of hydrogen-bond acceptors (Lipinski definition) is 7. The third-order valence-electron chi connectivity index (χ3n) is 6.88. The lowest BCUT2D eigenvalue weighted by Crippen LogP contribution is -2.33. The summed E-state index contributed by atoms with van der Waals surface area (Å²) in [6.45, 7) is 8.81. The molecule has 9 heteroatoms. The molecule has 0 aliphatic carbocycles. The van der Waals surface area contributed by atoms with Crippen molar-refractivity contribution in [1.29, 1.82) is 0 Å². The van der Waals surface area contributed by atoms with Gasteiger partial charge >= 0.3 is 5.97 Å². The number of ketones is 1. The molecule has 1 amide bonds. The second-order valence-corrected chi connectivity index (χ2v) is 8.96. The molecule has 2 aromatic heterocycles. The SMILES string of the molecule is CCN(CC)CCCN1C(=O)C(=O)/C(=C(/O)c2c(C)nc3ccccn23)[C@@H]1c1ccc(C(=O)OC)cc1. The van der Waals surface area contributed by atoms with E-state index in [9.17, 15) is 19.5 Å². The molecule has 1 aromatic carbocycles. The number of imidazole rings is 1. The zero-order chi connectivity index (χ0) is 26.7. The first kappa shape index (κ1) is 26.1. The van der Waals surface area contributed by atoms with Crippen LogP contribution in [-0.4, -0.2) is 75.2 Å². The van der Waals surface area contributed by atoms with Crippen LogP contribution >= 0.6 is 0 Å². The maximum atomic E-state index is 13.4. The number of methoxy groups -OCH3 is 1. The molecule has 1 aliphatic rings. The highest BCUT2D eigenvalue weighted by molar-refractivity contribution is 6.46. The van der Waals surface area contributed by atoms with Crippen LogP contribution in [0.25, 0.3) is 11.4 Å². The number of aliphatic hydroxyl groups excluding tert-OH is 1. The average Bonchev–Trinajstić information content (AvgIpc) is 3.38. The van der Waals surface area contributed by atoms with Crippen molar-refractivity contribution in [2.75, 3.05) is 33.3 Å². The number of benzene rings is 1. The number of likely N-dealkylation sites (tertiary alicyclic amines) is 1. The van der Waals surface area contributed by atoms with Gasteiger partial charge in [-0.05, 0) is 62.8 Å². The van der Waals surface area contributed by atoms with Crippen LogP contribution in [-0.2, 0) is 14.3 Å². The van der Waals surface area contributed by atoms with Crippen LogP contribution in [0.3, 0.4) is 0 Å². The van der Waals surface area contributed by atoms with Crippen molar-refractivity contribution < 1.29 is 24.2 Å². The van der Waals surface area contributed by atoms with E-state index in [1.807, 2.05) is 6.07 Å². The van der Waals surface area contributed by atoms with Crippen molar-refractivity contribution in [3.05, 3.63) is 76.7 Å². The minimum atomic E-state index is -0.808. The number of carbonyl (C=O) groups excluding carboxylic acids is 3. The highest BCUT2D eigenvalue weighted by Gasteiger charge is 2.46. The number of aryl methyl sites for hydroxylation is 1. The number of nitrogens with zero attached hydrogens (tertiary/aromatic N) is 4. The lowest BCUT2D eigenvalue weighted by Gasteiger charge is -2.27. The first-order valence-corrected chi connectivity index (χ1v) is 12.4. The van der Waals surface area contributed by atoms with E-state index >= 15 is 0 Å². The maximum absolute atomic E-state index is 13.4. The van der Waals surface area contributed by atoms with Crippen molar-refractivity contribution in [1.82, 2.24) is 19.2 Å². The Morgan fingerprint density at radius 3 is 2.46 bits per heavy atom. The molecule has 1 fully saturated rings. The van der Waals surface area contributed by atoms with Crippen LogP contribution in [0.5, 0.6) is 0 Å². The summed E-state index contributed by atoms with van der Waals surface area (Å²) in [6.07, 6.45) is 2.42. The van der Waals surface area contributed by atoms with Crippen molar-refractivity contribution >= 4 is 29.1 Å². The molecule has 4 rings (SSSR count). The fourth-order valence-electron chi connectivity index (χ4n) is 4.91. The van der Waals surface area contributed by atoms with E-state index in [-0.39, 0.29) is 11.3 Å². The first-order valence-electron chi connectivity index (χ1n) is 12.4. The van der Waals surface area contributed by atoms with Gasteiger partial charge in [0.1, 0.15) is 11.3 Å². The van der Waals surface area contributed by atoms with Gasteiger partial charge in [-0.2, -0.15) is 0 Å². The Balaban J connectivity index is 1.82. The van der Waals surface area contributed by atoms with Crippen LogP contribution in [0.4, 0.5) is 0 Å². The Hall–Kier alpha value is -3.98. The number of aliphatic hydroxyl groups is 1. The number of esters is 1. The molecular weight excluding hydrogens is 472 g/mol. The van der Waals surface area contributed by atoms with Crippen molar-refractivity contribution in [3.8, 4) is 0 Å². The summed E-state index contributed by atoms with van der Waals surface area (Å²) in [5.74, 6) is -2.16.